The first-order valence-corrected chi connectivity index (χ1v) is 13.6. The molecule has 1 saturated heterocycles. The summed E-state index contributed by atoms with van der Waals surface area (Å²) in [5.74, 6) is 7.41. The van der Waals surface area contributed by atoms with E-state index in [1.165, 1.54) is 16.4 Å². The molecule has 1 aliphatic heterocycles. The molecule has 8 heteroatoms. The Balaban J connectivity index is 0.912. The van der Waals surface area contributed by atoms with Crippen LogP contribution in [0.4, 0.5) is 0 Å². The summed E-state index contributed by atoms with van der Waals surface area (Å²) >= 11 is 0. The predicted molar refractivity (Wildman–Crippen MR) is 153 cm³/mol. The summed E-state index contributed by atoms with van der Waals surface area (Å²) in [5, 5.41) is 5.54. The van der Waals surface area contributed by atoms with Crippen molar-refractivity contribution in [3.63, 3.8) is 0 Å². The molecular weight excluding hydrogens is 502 g/mol. The van der Waals surface area contributed by atoms with Gasteiger partial charge in [0.2, 0.25) is 5.88 Å². The van der Waals surface area contributed by atoms with Gasteiger partial charge >= 0.3 is 0 Å². The first-order chi connectivity index (χ1) is 19.7. The minimum absolute atomic E-state index is 0.0908. The van der Waals surface area contributed by atoms with Crippen LogP contribution in [0.2, 0.25) is 0 Å². The Kier molecular flexibility index (Phi) is 6.52. The molecule has 5 heterocycles. The number of nitrogens with zero attached hydrogens (tertiary/aromatic N) is 4. The standard InChI is InChI=1S/C32H29N5O3/c1-37-30-10-11-33-20-29(30)28-8-4-21(13-31(28)37)22-5-9-32(36-16-22)40-26-14-25(15-26)39-24-7-6-23(35-19-24)3-2-12-38-27-17-34-18-27/h4-11,13,16,19-20,25-27,34H,12,14-15,17-18H2,1H3. The smallest absolute Gasteiger partial charge is 0.213 e. The molecule has 0 spiro atoms. The fraction of sp³-hybridized carbons (Fsp3) is 0.281. The molecule has 4 aromatic heterocycles. The lowest BCUT2D eigenvalue weighted by atomic mass is 9.92. The highest BCUT2D eigenvalue weighted by Crippen LogP contribution is 2.32. The third-order valence-corrected chi connectivity index (χ3v) is 7.61. The van der Waals surface area contributed by atoms with Crippen LogP contribution in [0, 0.1) is 11.8 Å². The van der Waals surface area contributed by atoms with Crippen molar-refractivity contribution in [2.75, 3.05) is 19.7 Å². The average molecular weight is 532 g/mol. The maximum Gasteiger partial charge on any atom is 0.213 e. The number of hydrogen-bond acceptors (Lipinski definition) is 7. The van der Waals surface area contributed by atoms with Gasteiger partial charge in [0.15, 0.2) is 0 Å². The fourth-order valence-electron chi connectivity index (χ4n) is 5.12. The van der Waals surface area contributed by atoms with Gasteiger partial charge in [-0.25, -0.2) is 9.97 Å². The normalized spacial score (nSPS) is 18.5. The zero-order chi connectivity index (χ0) is 26.9. The number of fused-ring (bicyclic) bond motifs is 3. The lowest BCUT2D eigenvalue weighted by molar-refractivity contribution is 0.00209. The second-order valence-electron chi connectivity index (χ2n) is 10.3. The van der Waals surface area contributed by atoms with Gasteiger partial charge in [0, 0.05) is 79.5 Å². The summed E-state index contributed by atoms with van der Waals surface area (Å²) < 4.78 is 19.9. The molecule has 0 bridgehead atoms. The second-order valence-corrected chi connectivity index (χ2v) is 10.3. The van der Waals surface area contributed by atoms with E-state index in [9.17, 15) is 0 Å². The van der Waals surface area contributed by atoms with E-state index in [1.807, 2.05) is 42.9 Å². The summed E-state index contributed by atoms with van der Waals surface area (Å²) in [6, 6.07) is 16.3. The van der Waals surface area contributed by atoms with Crippen molar-refractivity contribution in [1.29, 1.82) is 0 Å². The minimum atomic E-state index is 0.0908. The van der Waals surface area contributed by atoms with Crippen molar-refractivity contribution in [3.05, 3.63) is 79.0 Å². The van der Waals surface area contributed by atoms with E-state index in [-0.39, 0.29) is 12.2 Å². The molecule has 2 aliphatic rings. The minimum Gasteiger partial charge on any atom is -0.489 e. The number of rotatable bonds is 7. The zero-order valence-corrected chi connectivity index (χ0v) is 22.2. The molecule has 0 atom stereocenters. The van der Waals surface area contributed by atoms with E-state index in [0.29, 0.717) is 24.3 Å². The summed E-state index contributed by atoms with van der Waals surface area (Å²) in [5.41, 5.74) is 5.23. The Bertz CT molecular complexity index is 1710. The summed E-state index contributed by atoms with van der Waals surface area (Å²) in [6.07, 6.45) is 9.47. The molecule has 8 nitrogen and oxygen atoms in total. The highest BCUT2D eigenvalue weighted by atomic mass is 16.5. The summed E-state index contributed by atoms with van der Waals surface area (Å²) in [4.78, 5) is 13.2. The maximum absolute atomic E-state index is 6.09. The lowest BCUT2D eigenvalue weighted by Crippen LogP contribution is -2.48. The molecule has 1 aliphatic carbocycles. The molecule has 40 heavy (non-hydrogen) atoms. The molecule has 0 amide bonds. The van der Waals surface area contributed by atoms with Crippen LogP contribution in [0.5, 0.6) is 11.6 Å². The Morgan fingerprint density at radius 1 is 0.850 bits per heavy atom. The number of aryl methyl sites for hydroxylation is 1. The highest BCUT2D eigenvalue weighted by Gasteiger charge is 2.33. The van der Waals surface area contributed by atoms with Gasteiger partial charge in [-0.2, -0.15) is 0 Å². The summed E-state index contributed by atoms with van der Waals surface area (Å²) in [7, 11) is 2.09. The van der Waals surface area contributed by atoms with Crippen LogP contribution in [-0.4, -0.2) is 57.5 Å². The van der Waals surface area contributed by atoms with Crippen LogP contribution in [-0.2, 0) is 11.8 Å². The number of pyridine rings is 3. The van der Waals surface area contributed by atoms with Crippen LogP contribution in [0.25, 0.3) is 32.9 Å². The largest absolute Gasteiger partial charge is 0.489 e. The van der Waals surface area contributed by atoms with Crippen LogP contribution in [0.3, 0.4) is 0 Å². The Labute approximate surface area is 232 Å². The van der Waals surface area contributed by atoms with Crippen molar-refractivity contribution in [3.8, 4) is 34.6 Å². The third kappa shape index (κ3) is 4.97. The van der Waals surface area contributed by atoms with Gasteiger partial charge in [-0.1, -0.05) is 18.1 Å². The van der Waals surface area contributed by atoms with Crippen molar-refractivity contribution >= 4 is 21.8 Å². The van der Waals surface area contributed by atoms with Gasteiger partial charge < -0.3 is 24.1 Å². The van der Waals surface area contributed by atoms with Gasteiger partial charge in [0.25, 0.3) is 0 Å². The number of aromatic nitrogens is 4. The number of hydrogen-bond donors (Lipinski definition) is 1. The number of nitrogens with one attached hydrogen (secondary N) is 1. The molecule has 1 aromatic carbocycles. The SMILES string of the molecule is Cn1c2ccncc2c2ccc(-c3ccc(OC4CC(Oc5ccc(C#CCOC6CNC6)nc5)C4)nc3)cc21. The van der Waals surface area contributed by atoms with Gasteiger partial charge in [-0.3, -0.25) is 4.98 Å². The summed E-state index contributed by atoms with van der Waals surface area (Å²) in [6.45, 7) is 2.24. The van der Waals surface area contributed by atoms with E-state index < -0.39 is 0 Å². The molecule has 7 rings (SSSR count). The van der Waals surface area contributed by atoms with Crippen molar-refractivity contribution in [2.24, 2.45) is 7.05 Å². The van der Waals surface area contributed by atoms with Gasteiger partial charge in [-0.15, -0.1) is 0 Å². The van der Waals surface area contributed by atoms with Gasteiger partial charge in [0.05, 0.1) is 17.8 Å². The van der Waals surface area contributed by atoms with Gasteiger partial charge in [-0.05, 0) is 41.8 Å². The van der Waals surface area contributed by atoms with Crippen LogP contribution in [0.15, 0.2) is 73.3 Å². The van der Waals surface area contributed by atoms with E-state index in [4.69, 9.17) is 14.2 Å². The lowest BCUT2D eigenvalue weighted by Gasteiger charge is -2.34. The van der Waals surface area contributed by atoms with E-state index >= 15 is 0 Å². The van der Waals surface area contributed by atoms with E-state index in [0.717, 1.165) is 48.2 Å². The molecule has 5 aromatic rings. The van der Waals surface area contributed by atoms with Gasteiger partial charge in [0.1, 0.15) is 30.3 Å². The second kappa shape index (κ2) is 10.6. The molecular formula is C32H29N5O3. The Morgan fingerprint density at radius 2 is 1.73 bits per heavy atom. The topological polar surface area (TPSA) is 83.3 Å². The maximum atomic E-state index is 6.09. The average Bonchev–Trinajstić information content (AvgIpc) is 3.23. The Morgan fingerprint density at radius 3 is 2.50 bits per heavy atom. The van der Waals surface area contributed by atoms with E-state index in [1.54, 1.807) is 6.20 Å². The van der Waals surface area contributed by atoms with Crippen LogP contribution >= 0.6 is 0 Å². The van der Waals surface area contributed by atoms with Crippen molar-refractivity contribution in [1.82, 2.24) is 24.8 Å². The molecule has 2 fully saturated rings. The molecule has 1 saturated carbocycles. The van der Waals surface area contributed by atoms with Crippen LogP contribution in [0.1, 0.15) is 18.5 Å². The highest BCUT2D eigenvalue weighted by molar-refractivity contribution is 6.08. The number of ether oxygens (including phenoxy) is 3. The third-order valence-electron chi connectivity index (χ3n) is 7.61. The van der Waals surface area contributed by atoms with Crippen molar-refractivity contribution < 1.29 is 14.2 Å². The monoisotopic (exact) mass is 531 g/mol. The quantitative estimate of drug-likeness (QED) is 0.310. The molecule has 200 valence electrons. The molecule has 0 radical (unpaired) electrons. The fourth-order valence-corrected chi connectivity index (χ4v) is 5.12. The predicted octanol–water partition coefficient (Wildman–Crippen LogP) is 4.51. The first-order valence-electron chi connectivity index (χ1n) is 13.6. The first kappa shape index (κ1) is 24.6. The van der Waals surface area contributed by atoms with Crippen molar-refractivity contribution in [2.45, 2.75) is 31.2 Å². The zero-order valence-electron chi connectivity index (χ0n) is 22.2. The molecule has 1 N–H and O–H groups in total. The molecule has 0 unspecified atom stereocenters. The van der Waals surface area contributed by atoms with E-state index in [2.05, 4.69) is 68.0 Å². The number of benzene rings is 1. The van der Waals surface area contributed by atoms with Crippen LogP contribution < -0.4 is 14.8 Å². The Hall–Kier alpha value is -4.45.